The highest BCUT2D eigenvalue weighted by molar-refractivity contribution is 6.17. The predicted molar refractivity (Wildman–Crippen MR) is 75.2 cm³/mol. The molecular weight excluding hydrogens is 262 g/mol. The van der Waals surface area contributed by atoms with Gasteiger partial charge in [-0.25, -0.2) is 0 Å². The molecule has 0 saturated carbocycles. The van der Waals surface area contributed by atoms with E-state index >= 15 is 0 Å². The fourth-order valence-corrected chi connectivity index (χ4v) is 1.90. The van der Waals surface area contributed by atoms with Crippen molar-refractivity contribution in [2.45, 2.75) is 18.8 Å². The number of carbonyl (C=O) groups is 1. The number of aromatic nitrogens is 2. The third-order valence-corrected chi connectivity index (χ3v) is 3.09. The number of nitrogens with zero attached hydrogens (tertiary/aromatic N) is 2. The Kier molecular flexibility index (Phi) is 4.98. The van der Waals surface area contributed by atoms with Gasteiger partial charge >= 0.3 is 0 Å². The number of hydrogen-bond acceptors (Lipinski definition) is 2. The van der Waals surface area contributed by atoms with Gasteiger partial charge in [0.2, 0.25) is 0 Å². The highest BCUT2D eigenvalue weighted by Gasteiger charge is 2.04. The fraction of sp³-hybridized carbons (Fsp3) is 0.286. The van der Waals surface area contributed by atoms with Crippen molar-refractivity contribution in [1.82, 2.24) is 15.1 Å². The van der Waals surface area contributed by atoms with Crippen LogP contribution < -0.4 is 5.32 Å². The summed E-state index contributed by atoms with van der Waals surface area (Å²) < 4.78 is 1.85. The average Bonchev–Trinajstić information content (AvgIpc) is 2.96. The van der Waals surface area contributed by atoms with Crippen molar-refractivity contribution in [2.75, 3.05) is 6.54 Å². The topological polar surface area (TPSA) is 46.9 Å². The van der Waals surface area contributed by atoms with Gasteiger partial charge in [-0.1, -0.05) is 12.1 Å². The molecule has 0 radical (unpaired) electrons. The van der Waals surface area contributed by atoms with Crippen molar-refractivity contribution < 1.29 is 4.79 Å². The number of carbonyl (C=O) groups excluding carboxylic acids is 1. The molecule has 0 aliphatic carbocycles. The molecule has 0 aliphatic rings. The maximum absolute atomic E-state index is 11.8. The van der Waals surface area contributed by atoms with Gasteiger partial charge in [-0.05, 0) is 30.2 Å². The summed E-state index contributed by atoms with van der Waals surface area (Å²) in [5, 5.41) is 6.99. The summed E-state index contributed by atoms with van der Waals surface area (Å²) in [5.74, 6) is 0.410. The van der Waals surface area contributed by atoms with E-state index < -0.39 is 0 Å². The second-order valence-corrected chi connectivity index (χ2v) is 4.48. The van der Waals surface area contributed by atoms with Crippen LogP contribution in [0.3, 0.4) is 0 Å². The summed E-state index contributed by atoms with van der Waals surface area (Å²) in [6.45, 7) is 1.44. The molecule has 0 fully saturated rings. The van der Waals surface area contributed by atoms with Crippen molar-refractivity contribution in [1.29, 1.82) is 0 Å². The maximum Gasteiger partial charge on any atom is 0.251 e. The van der Waals surface area contributed by atoms with E-state index in [2.05, 4.69) is 10.4 Å². The standard InChI is InChI=1S/C14H16ClN3O/c15-11-12-3-5-13(6-4-12)14(19)16-7-1-9-18-10-2-8-17-18/h2-6,8,10H,1,7,9,11H2,(H,16,19). The first-order valence-corrected chi connectivity index (χ1v) is 6.73. The minimum absolute atomic E-state index is 0.0541. The van der Waals surface area contributed by atoms with Gasteiger partial charge in [-0.15, -0.1) is 11.6 Å². The summed E-state index contributed by atoms with van der Waals surface area (Å²) in [7, 11) is 0. The third kappa shape index (κ3) is 4.10. The predicted octanol–water partition coefficient (Wildman–Crippen LogP) is 2.44. The molecule has 1 aromatic carbocycles. The maximum atomic E-state index is 11.8. The molecule has 0 saturated heterocycles. The van der Waals surface area contributed by atoms with Crippen molar-refractivity contribution in [3.05, 3.63) is 53.9 Å². The smallest absolute Gasteiger partial charge is 0.251 e. The summed E-state index contributed by atoms with van der Waals surface area (Å²) in [5.41, 5.74) is 1.67. The Morgan fingerprint density at radius 2 is 2.11 bits per heavy atom. The third-order valence-electron chi connectivity index (χ3n) is 2.78. The molecule has 5 heteroatoms. The number of halogens is 1. The van der Waals surface area contributed by atoms with Crippen molar-refractivity contribution in [3.8, 4) is 0 Å². The first-order chi connectivity index (χ1) is 9.29. The zero-order valence-electron chi connectivity index (χ0n) is 10.6. The summed E-state index contributed by atoms with van der Waals surface area (Å²) in [6, 6.07) is 9.20. The lowest BCUT2D eigenvalue weighted by atomic mass is 10.1. The molecule has 2 aromatic rings. The van der Waals surface area contributed by atoms with E-state index in [9.17, 15) is 4.79 Å². The van der Waals surface area contributed by atoms with Crippen LogP contribution in [0.4, 0.5) is 0 Å². The number of aryl methyl sites for hydroxylation is 1. The number of rotatable bonds is 6. The Morgan fingerprint density at radius 1 is 1.32 bits per heavy atom. The Bertz CT molecular complexity index is 508. The van der Waals surface area contributed by atoms with Crippen LogP contribution in [0.5, 0.6) is 0 Å². The molecule has 0 spiro atoms. The number of hydrogen-bond donors (Lipinski definition) is 1. The molecule has 0 unspecified atom stereocenters. The van der Waals surface area contributed by atoms with E-state index in [-0.39, 0.29) is 5.91 Å². The zero-order chi connectivity index (χ0) is 13.5. The number of amides is 1. The first kappa shape index (κ1) is 13.6. The van der Waals surface area contributed by atoms with Crippen LogP contribution in [0, 0.1) is 0 Å². The van der Waals surface area contributed by atoms with E-state index in [1.165, 1.54) is 0 Å². The Balaban J connectivity index is 1.74. The fourth-order valence-electron chi connectivity index (χ4n) is 1.72. The molecule has 0 bridgehead atoms. The van der Waals surface area contributed by atoms with Gasteiger partial charge in [-0.2, -0.15) is 5.10 Å². The van der Waals surface area contributed by atoms with Crippen LogP contribution in [-0.2, 0) is 12.4 Å². The second-order valence-electron chi connectivity index (χ2n) is 4.21. The minimum atomic E-state index is -0.0541. The quantitative estimate of drug-likeness (QED) is 0.651. The van der Waals surface area contributed by atoms with Gasteiger partial charge in [0.05, 0.1) is 0 Å². The molecule has 1 heterocycles. The molecule has 0 atom stereocenters. The van der Waals surface area contributed by atoms with Crippen molar-refractivity contribution in [2.24, 2.45) is 0 Å². The molecular formula is C14H16ClN3O. The SMILES string of the molecule is O=C(NCCCn1cccn1)c1ccc(CCl)cc1. The second kappa shape index (κ2) is 6.95. The Hall–Kier alpha value is -1.81. The van der Waals surface area contributed by atoms with Gasteiger partial charge in [0.1, 0.15) is 0 Å². The van der Waals surface area contributed by atoms with Gasteiger partial charge in [-0.3, -0.25) is 9.48 Å². The van der Waals surface area contributed by atoms with Gasteiger partial charge in [0.25, 0.3) is 5.91 Å². The van der Waals surface area contributed by atoms with Crippen LogP contribution >= 0.6 is 11.6 Å². The summed E-state index contributed by atoms with van der Waals surface area (Å²) >= 11 is 5.70. The van der Waals surface area contributed by atoms with Gasteiger partial charge < -0.3 is 5.32 Å². The lowest BCUT2D eigenvalue weighted by Gasteiger charge is -2.06. The van der Waals surface area contributed by atoms with E-state index in [1.807, 2.05) is 29.1 Å². The van der Waals surface area contributed by atoms with E-state index in [1.54, 1.807) is 18.3 Å². The van der Waals surface area contributed by atoms with Gasteiger partial charge in [0, 0.05) is 36.9 Å². The minimum Gasteiger partial charge on any atom is -0.352 e. The molecule has 1 aromatic heterocycles. The monoisotopic (exact) mass is 277 g/mol. The molecule has 0 aliphatic heterocycles. The van der Waals surface area contributed by atoms with Crippen LogP contribution in [0.15, 0.2) is 42.7 Å². The molecule has 4 nitrogen and oxygen atoms in total. The molecule has 19 heavy (non-hydrogen) atoms. The lowest BCUT2D eigenvalue weighted by molar-refractivity contribution is 0.0952. The largest absolute Gasteiger partial charge is 0.352 e. The molecule has 100 valence electrons. The van der Waals surface area contributed by atoms with E-state index in [0.29, 0.717) is 18.0 Å². The number of nitrogens with one attached hydrogen (secondary N) is 1. The number of benzene rings is 1. The van der Waals surface area contributed by atoms with E-state index in [4.69, 9.17) is 11.6 Å². The highest BCUT2D eigenvalue weighted by Crippen LogP contribution is 2.06. The Labute approximate surface area is 117 Å². The lowest BCUT2D eigenvalue weighted by Crippen LogP contribution is -2.25. The van der Waals surface area contributed by atoms with Crippen LogP contribution in [-0.4, -0.2) is 22.2 Å². The molecule has 1 amide bonds. The van der Waals surface area contributed by atoms with Crippen LogP contribution in [0.2, 0.25) is 0 Å². The van der Waals surface area contributed by atoms with Crippen molar-refractivity contribution >= 4 is 17.5 Å². The summed E-state index contributed by atoms with van der Waals surface area (Å²) in [4.78, 5) is 11.8. The molecule has 1 N–H and O–H groups in total. The Morgan fingerprint density at radius 3 is 2.74 bits per heavy atom. The zero-order valence-corrected chi connectivity index (χ0v) is 11.3. The normalized spacial score (nSPS) is 10.4. The first-order valence-electron chi connectivity index (χ1n) is 6.20. The van der Waals surface area contributed by atoms with Crippen LogP contribution in [0.25, 0.3) is 0 Å². The van der Waals surface area contributed by atoms with E-state index in [0.717, 1.165) is 18.5 Å². The van der Waals surface area contributed by atoms with Crippen molar-refractivity contribution in [3.63, 3.8) is 0 Å². The molecule has 2 rings (SSSR count). The highest BCUT2D eigenvalue weighted by atomic mass is 35.5. The summed E-state index contributed by atoms with van der Waals surface area (Å²) in [6.07, 6.45) is 4.51. The van der Waals surface area contributed by atoms with Gasteiger partial charge in [0.15, 0.2) is 0 Å². The van der Waals surface area contributed by atoms with Crippen LogP contribution in [0.1, 0.15) is 22.3 Å². The average molecular weight is 278 g/mol. The number of alkyl halides is 1.